The van der Waals surface area contributed by atoms with Crippen molar-refractivity contribution >= 4 is 11.6 Å². The molecule has 1 aliphatic rings. The quantitative estimate of drug-likeness (QED) is 0.726. The highest BCUT2D eigenvalue weighted by atomic mass is 16.1. The van der Waals surface area contributed by atoms with E-state index in [0.717, 1.165) is 37.2 Å². The van der Waals surface area contributed by atoms with Gasteiger partial charge in [0.2, 0.25) is 5.91 Å². The molecular formula is C24H32N2O. The maximum Gasteiger partial charge on any atom is 0.228 e. The van der Waals surface area contributed by atoms with Gasteiger partial charge in [-0.3, -0.25) is 4.79 Å². The van der Waals surface area contributed by atoms with Crippen LogP contribution in [-0.2, 0) is 24.1 Å². The van der Waals surface area contributed by atoms with E-state index in [4.69, 9.17) is 0 Å². The molecule has 144 valence electrons. The van der Waals surface area contributed by atoms with Crippen molar-refractivity contribution in [2.24, 2.45) is 0 Å². The van der Waals surface area contributed by atoms with Crippen molar-refractivity contribution in [1.29, 1.82) is 0 Å². The molecule has 0 radical (unpaired) electrons. The van der Waals surface area contributed by atoms with E-state index in [2.05, 4.69) is 42.3 Å². The molecule has 2 aromatic carbocycles. The van der Waals surface area contributed by atoms with Crippen LogP contribution in [0.1, 0.15) is 49.8 Å². The standard InChI is InChI=1S/C24H32N2O/c1-3-15-26(16-4-2)21-14-13-20-11-8-12-23(22(20)18-21)25-24(27)17-19-9-6-5-7-10-19/h5-12,21H,3-4,13-18H2,1-2H3,(H,25,27). The van der Waals surface area contributed by atoms with E-state index >= 15 is 0 Å². The first-order chi connectivity index (χ1) is 13.2. The lowest BCUT2D eigenvalue weighted by Gasteiger charge is -2.35. The Balaban J connectivity index is 1.72. The van der Waals surface area contributed by atoms with Gasteiger partial charge in [-0.1, -0.05) is 56.3 Å². The number of amides is 1. The summed E-state index contributed by atoms with van der Waals surface area (Å²) in [5.41, 5.74) is 4.80. The fourth-order valence-electron chi connectivity index (χ4n) is 4.23. The van der Waals surface area contributed by atoms with Crippen molar-refractivity contribution in [3.63, 3.8) is 0 Å². The molecule has 0 spiro atoms. The van der Waals surface area contributed by atoms with Gasteiger partial charge in [0.25, 0.3) is 0 Å². The van der Waals surface area contributed by atoms with E-state index in [9.17, 15) is 4.79 Å². The third-order valence-electron chi connectivity index (χ3n) is 5.48. The second-order valence-corrected chi connectivity index (χ2v) is 7.59. The summed E-state index contributed by atoms with van der Waals surface area (Å²) in [6.45, 7) is 6.84. The highest BCUT2D eigenvalue weighted by Gasteiger charge is 2.25. The molecule has 27 heavy (non-hydrogen) atoms. The number of benzene rings is 2. The Morgan fingerprint density at radius 2 is 1.78 bits per heavy atom. The third-order valence-corrected chi connectivity index (χ3v) is 5.48. The van der Waals surface area contributed by atoms with Gasteiger partial charge >= 0.3 is 0 Å². The number of carbonyl (C=O) groups is 1. The van der Waals surface area contributed by atoms with Crippen LogP contribution in [-0.4, -0.2) is 29.9 Å². The smallest absolute Gasteiger partial charge is 0.228 e. The molecule has 2 aromatic rings. The summed E-state index contributed by atoms with van der Waals surface area (Å²) in [7, 11) is 0. The van der Waals surface area contributed by atoms with Gasteiger partial charge in [0.1, 0.15) is 0 Å². The molecule has 1 N–H and O–H groups in total. The molecule has 0 bridgehead atoms. The fraction of sp³-hybridized carbons (Fsp3) is 0.458. The molecule has 1 atom stereocenters. The zero-order chi connectivity index (χ0) is 19.1. The van der Waals surface area contributed by atoms with Gasteiger partial charge in [0.05, 0.1) is 6.42 Å². The monoisotopic (exact) mass is 364 g/mol. The van der Waals surface area contributed by atoms with Gasteiger partial charge in [-0.25, -0.2) is 0 Å². The van der Waals surface area contributed by atoms with Gasteiger partial charge < -0.3 is 10.2 Å². The molecule has 3 heteroatoms. The number of nitrogens with one attached hydrogen (secondary N) is 1. The molecule has 0 heterocycles. The molecule has 0 fully saturated rings. The van der Waals surface area contributed by atoms with E-state index in [-0.39, 0.29) is 5.91 Å². The number of anilines is 1. The second kappa shape index (κ2) is 9.70. The molecular weight excluding hydrogens is 332 g/mol. The minimum atomic E-state index is 0.0655. The van der Waals surface area contributed by atoms with Crippen molar-refractivity contribution in [2.75, 3.05) is 18.4 Å². The largest absolute Gasteiger partial charge is 0.326 e. The van der Waals surface area contributed by atoms with Crippen LogP contribution in [0, 0.1) is 0 Å². The van der Waals surface area contributed by atoms with Gasteiger partial charge in [0, 0.05) is 11.7 Å². The van der Waals surface area contributed by atoms with Crippen LogP contribution < -0.4 is 5.32 Å². The molecule has 1 aliphatic carbocycles. The lowest BCUT2D eigenvalue weighted by Crippen LogP contribution is -2.40. The molecule has 0 aromatic heterocycles. The van der Waals surface area contributed by atoms with Crippen LogP contribution in [0.5, 0.6) is 0 Å². The molecule has 1 amide bonds. The Morgan fingerprint density at radius 3 is 2.48 bits per heavy atom. The Kier molecular flexibility index (Phi) is 7.05. The van der Waals surface area contributed by atoms with Crippen LogP contribution in [0.2, 0.25) is 0 Å². The maximum atomic E-state index is 12.6. The number of fused-ring (bicyclic) bond motifs is 1. The topological polar surface area (TPSA) is 32.3 Å². The number of hydrogen-bond donors (Lipinski definition) is 1. The normalized spacial score (nSPS) is 16.2. The number of aryl methyl sites for hydroxylation is 1. The number of rotatable bonds is 8. The molecule has 0 saturated heterocycles. The van der Waals surface area contributed by atoms with Crippen LogP contribution >= 0.6 is 0 Å². The predicted octanol–water partition coefficient (Wildman–Crippen LogP) is 4.85. The molecule has 0 saturated carbocycles. The Bertz CT molecular complexity index is 735. The predicted molar refractivity (Wildman–Crippen MR) is 113 cm³/mol. The van der Waals surface area contributed by atoms with Gasteiger partial charge in [-0.2, -0.15) is 0 Å². The summed E-state index contributed by atoms with van der Waals surface area (Å²) in [5, 5.41) is 3.18. The summed E-state index contributed by atoms with van der Waals surface area (Å²) in [5.74, 6) is 0.0655. The van der Waals surface area contributed by atoms with Crippen molar-refractivity contribution < 1.29 is 4.79 Å². The van der Waals surface area contributed by atoms with Gasteiger partial charge in [-0.15, -0.1) is 0 Å². The van der Waals surface area contributed by atoms with E-state index in [0.29, 0.717) is 12.5 Å². The van der Waals surface area contributed by atoms with E-state index in [1.165, 1.54) is 30.4 Å². The van der Waals surface area contributed by atoms with Crippen molar-refractivity contribution in [1.82, 2.24) is 4.90 Å². The highest BCUT2D eigenvalue weighted by molar-refractivity contribution is 5.93. The SMILES string of the molecule is CCCN(CCC)C1CCc2cccc(NC(=O)Cc3ccccc3)c2C1. The van der Waals surface area contributed by atoms with Crippen LogP contribution in [0.3, 0.4) is 0 Å². The van der Waals surface area contributed by atoms with E-state index < -0.39 is 0 Å². The minimum Gasteiger partial charge on any atom is -0.326 e. The van der Waals surface area contributed by atoms with Crippen molar-refractivity contribution in [2.45, 2.75) is 58.4 Å². The lowest BCUT2D eigenvalue weighted by atomic mass is 9.86. The van der Waals surface area contributed by atoms with Crippen LogP contribution in [0.4, 0.5) is 5.69 Å². The third kappa shape index (κ3) is 5.20. The Morgan fingerprint density at radius 1 is 1.04 bits per heavy atom. The Hall–Kier alpha value is -2.13. The van der Waals surface area contributed by atoms with Gasteiger partial charge in [0.15, 0.2) is 0 Å². The first kappa shape index (κ1) is 19.6. The van der Waals surface area contributed by atoms with E-state index in [1.807, 2.05) is 30.3 Å². The van der Waals surface area contributed by atoms with Crippen molar-refractivity contribution in [3.05, 3.63) is 65.2 Å². The minimum absolute atomic E-state index is 0.0655. The molecule has 1 unspecified atom stereocenters. The number of carbonyl (C=O) groups excluding carboxylic acids is 1. The zero-order valence-corrected chi connectivity index (χ0v) is 16.7. The average molecular weight is 365 g/mol. The van der Waals surface area contributed by atoms with E-state index in [1.54, 1.807) is 0 Å². The lowest BCUT2D eigenvalue weighted by molar-refractivity contribution is -0.115. The van der Waals surface area contributed by atoms with Crippen LogP contribution in [0.15, 0.2) is 48.5 Å². The summed E-state index contributed by atoms with van der Waals surface area (Å²) >= 11 is 0. The Labute approximate surface area is 163 Å². The summed E-state index contributed by atoms with van der Waals surface area (Å²) in [4.78, 5) is 15.2. The average Bonchev–Trinajstić information content (AvgIpc) is 2.68. The number of nitrogens with zero attached hydrogens (tertiary/aromatic N) is 1. The van der Waals surface area contributed by atoms with Gasteiger partial charge in [-0.05, 0) is 68.0 Å². The molecule has 0 aliphatic heterocycles. The fourth-order valence-corrected chi connectivity index (χ4v) is 4.23. The van der Waals surface area contributed by atoms with Crippen molar-refractivity contribution in [3.8, 4) is 0 Å². The highest BCUT2D eigenvalue weighted by Crippen LogP contribution is 2.30. The summed E-state index contributed by atoms with van der Waals surface area (Å²) in [6.07, 6.45) is 6.17. The first-order valence-electron chi connectivity index (χ1n) is 10.4. The first-order valence-corrected chi connectivity index (χ1v) is 10.4. The molecule has 3 nitrogen and oxygen atoms in total. The summed E-state index contributed by atoms with van der Waals surface area (Å²) in [6, 6.07) is 16.9. The zero-order valence-electron chi connectivity index (χ0n) is 16.7. The summed E-state index contributed by atoms with van der Waals surface area (Å²) < 4.78 is 0. The second-order valence-electron chi connectivity index (χ2n) is 7.59. The molecule has 3 rings (SSSR count). The number of hydrogen-bond acceptors (Lipinski definition) is 2. The maximum absolute atomic E-state index is 12.6. The van der Waals surface area contributed by atoms with Crippen LogP contribution in [0.25, 0.3) is 0 Å².